The number of aromatic nitrogens is 1. The molecule has 1 amide bonds. The van der Waals surface area contributed by atoms with Crippen LogP contribution in [0.4, 0.5) is 0 Å². The number of para-hydroxylation sites is 1. The van der Waals surface area contributed by atoms with Crippen LogP contribution in [-0.4, -0.2) is 29.5 Å². The van der Waals surface area contributed by atoms with Crippen LogP contribution >= 0.6 is 0 Å². The van der Waals surface area contributed by atoms with Crippen molar-refractivity contribution in [1.82, 2.24) is 10.3 Å². The Morgan fingerprint density at radius 1 is 1.23 bits per heavy atom. The molecule has 0 saturated carbocycles. The summed E-state index contributed by atoms with van der Waals surface area (Å²) in [5.74, 6) is 0.413. The lowest BCUT2D eigenvalue weighted by Crippen LogP contribution is -2.35. The Morgan fingerprint density at radius 3 is 2.69 bits per heavy atom. The van der Waals surface area contributed by atoms with Crippen molar-refractivity contribution in [2.75, 3.05) is 6.54 Å². The third kappa shape index (κ3) is 3.59. The number of aryl methyl sites for hydroxylation is 1. The van der Waals surface area contributed by atoms with Crippen molar-refractivity contribution in [2.24, 2.45) is 0 Å². The fourth-order valence-corrected chi connectivity index (χ4v) is 2.64. The number of fused-ring (bicyclic) bond motifs is 1. The van der Waals surface area contributed by atoms with Gasteiger partial charge in [-0.15, -0.1) is 0 Å². The van der Waals surface area contributed by atoms with E-state index in [2.05, 4.69) is 10.3 Å². The number of nitrogens with one attached hydrogen (secondary N) is 1. The molecule has 26 heavy (non-hydrogen) atoms. The summed E-state index contributed by atoms with van der Waals surface area (Å²) in [6, 6.07) is 12.6. The van der Waals surface area contributed by atoms with Crippen molar-refractivity contribution in [3.05, 3.63) is 53.8 Å². The lowest BCUT2D eigenvalue weighted by Gasteiger charge is -2.14. The van der Waals surface area contributed by atoms with Gasteiger partial charge in [-0.2, -0.15) is 0 Å². The number of furan rings is 1. The van der Waals surface area contributed by atoms with E-state index in [-0.39, 0.29) is 5.91 Å². The zero-order valence-electron chi connectivity index (χ0n) is 14.9. The van der Waals surface area contributed by atoms with Gasteiger partial charge in [0.15, 0.2) is 11.9 Å². The van der Waals surface area contributed by atoms with Gasteiger partial charge in [0, 0.05) is 11.9 Å². The normalized spacial score (nSPS) is 12.0. The fraction of sp³-hybridized carbons (Fsp3) is 0.250. The van der Waals surface area contributed by atoms with Crippen LogP contribution in [0, 0.1) is 6.92 Å². The summed E-state index contributed by atoms with van der Waals surface area (Å²) in [5, 5.41) is 3.30. The highest BCUT2D eigenvalue weighted by molar-refractivity contribution is 6.05. The van der Waals surface area contributed by atoms with Crippen LogP contribution in [0.2, 0.25) is 0 Å². The SMILES string of the molecule is CCNC(=O)[C@H](C)OC(=O)c1cc(-c2ccc(C)o2)nc2ccccc12. The molecule has 2 heterocycles. The van der Waals surface area contributed by atoms with Gasteiger partial charge in [0.1, 0.15) is 11.5 Å². The van der Waals surface area contributed by atoms with Gasteiger partial charge in [0.05, 0.1) is 11.1 Å². The number of hydrogen-bond acceptors (Lipinski definition) is 5. The van der Waals surface area contributed by atoms with Crippen molar-refractivity contribution >= 4 is 22.8 Å². The minimum atomic E-state index is -0.885. The summed E-state index contributed by atoms with van der Waals surface area (Å²) < 4.78 is 11.0. The van der Waals surface area contributed by atoms with E-state index in [0.29, 0.717) is 34.5 Å². The van der Waals surface area contributed by atoms with Gasteiger partial charge in [-0.3, -0.25) is 4.79 Å². The lowest BCUT2D eigenvalue weighted by atomic mass is 10.1. The molecule has 0 aliphatic heterocycles. The second-order valence-electron chi connectivity index (χ2n) is 5.92. The van der Waals surface area contributed by atoms with E-state index in [1.54, 1.807) is 32.0 Å². The molecule has 0 spiro atoms. The molecule has 0 aliphatic rings. The van der Waals surface area contributed by atoms with Gasteiger partial charge in [-0.1, -0.05) is 18.2 Å². The Hall–Kier alpha value is -3.15. The van der Waals surface area contributed by atoms with E-state index in [1.165, 1.54) is 0 Å². The minimum absolute atomic E-state index is 0.332. The van der Waals surface area contributed by atoms with Crippen LogP contribution < -0.4 is 5.32 Å². The molecule has 134 valence electrons. The number of nitrogens with zero attached hydrogens (tertiary/aromatic N) is 1. The first-order valence-electron chi connectivity index (χ1n) is 8.45. The van der Waals surface area contributed by atoms with E-state index in [0.717, 1.165) is 5.76 Å². The molecule has 0 bridgehead atoms. The van der Waals surface area contributed by atoms with Crippen molar-refractivity contribution in [3.63, 3.8) is 0 Å². The number of likely N-dealkylation sites (N-methyl/N-ethyl adjacent to an activating group) is 1. The summed E-state index contributed by atoms with van der Waals surface area (Å²) in [7, 11) is 0. The molecule has 6 heteroatoms. The van der Waals surface area contributed by atoms with Crippen molar-refractivity contribution < 1.29 is 18.7 Å². The third-order valence-electron chi connectivity index (χ3n) is 3.93. The van der Waals surface area contributed by atoms with Crippen LogP contribution in [-0.2, 0) is 9.53 Å². The number of benzene rings is 1. The van der Waals surface area contributed by atoms with Crippen LogP contribution in [0.1, 0.15) is 30.0 Å². The second kappa shape index (κ2) is 7.39. The summed E-state index contributed by atoms with van der Waals surface area (Å²) in [5.41, 5.74) is 1.53. The number of hydrogen-bond donors (Lipinski definition) is 1. The molecular formula is C20H20N2O4. The maximum Gasteiger partial charge on any atom is 0.339 e. The summed E-state index contributed by atoms with van der Waals surface area (Å²) in [6.07, 6.45) is -0.885. The fourth-order valence-electron chi connectivity index (χ4n) is 2.64. The van der Waals surface area contributed by atoms with Crippen LogP contribution in [0.5, 0.6) is 0 Å². The van der Waals surface area contributed by atoms with Gasteiger partial charge in [-0.25, -0.2) is 9.78 Å². The zero-order chi connectivity index (χ0) is 18.7. The Labute approximate surface area is 151 Å². The van der Waals surface area contributed by atoms with Gasteiger partial charge in [0.2, 0.25) is 0 Å². The van der Waals surface area contributed by atoms with Crippen LogP contribution in [0.15, 0.2) is 46.9 Å². The van der Waals surface area contributed by atoms with E-state index in [9.17, 15) is 9.59 Å². The standard InChI is InChI=1S/C20H20N2O4/c1-4-21-19(23)13(3)26-20(24)15-11-17(18-10-9-12(2)25-18)22-16-8-6-5-7-14(15)16/h5-11,13H,4H2,1-3H3,(H,21,23)/t13-/m0/s1. The Kier molecular flexibility index (Phi) is 5.02. The first-order valence-corrected chi connectivity index (χ1v) is 8.45. The van der Waals surface area contributed by atoms with E-state index >= 15 is 0 Å². The predicted octanol–water partition coefficient (Wildman–Crippen LogP) is 3.48. The molecule has 1 atom stereocenters. The highest BCUT2D eigenvalue weighted by atomic mass is 16.5. The number of rotatable bonds is 5. The molecule has 6 nitrogen and oxygen atoms in total. The molecule has 3 aromatic rings. The minimum Gasteiger partial charge on any atom is -0.460 e. The van der Waals surface area contributed by atoms with E-state index in [1.807, 2.05) is 31.2 Å². The Balaban J connectivity index is 2.00. The molecule has 3 rings (SSSR count). The lowest BCUT2D eigenvalue weighted by molar-refractivity contribution is -0.128. The molecule has 1 aromatic carbocycles. The smallest absolute Gasteiger partial charge is 0.339 e. The number of ether oxygens (including phenoxy) is 1. The molecule has 0 radical (unpaired) electrons. The first kappa shape index (κ1) is 17.7. The molecule has 0 fully saturated rings. The van der Waals surface area contributed by atoms with Gasteiger partial charge in [-0.05, 0) is 45.0 Å². The van der Waals surface area contributed by atoms with E-state index < -0.39 is 12.1 Å². The highest BCUT2D eigenvalue weighted by Crippen LogP contribution is 2.26. The van der Waals surface area contributed by atoms with Gasteiger partial charge < -0.3 is 14.5 Å². The number of amides is 1. The average molecular weight is 352 g/mol. The molecule has 2 aromatic heterocycles. The van der Waals surface area contributed by atoms with Crippen LogP contribution in [0.25, 0.3) is 22.4 Å². The quantitative estimate of drug-likeness (QED) is 0.711. The molecule has 0 unspecified atom stereocenters. The third-order valence-corrected chi connectivity index (χ3v) is 3.93. The predicted molar refractivity (Wildman–Crippen MR) is 97.7 cm³/mol. The average Bonchev–Trinajstić information content (AvgIpc) is 3.07. The molecule has 1 N–H and O–H groups in total. The maximum atomic E-state index is 12.7. The van der Waals surface area contributed by atoms with Gasteiger partial charge in [0.25, 0.3) is 5.91 Å². The number of esters is 1. The Bertz CT molecular complexity index is 961. The molecular weight excluding hydrogens is 332 g/mol. The number of pyridine rings is 1. The summed E-state index contributed by atoms with van der Waals surface area (Å²) >= 11 is 0. The highest BCUT2D eigenvalue weighted by Gasteiger charge is 2.21. The topological polar surface area (TPSA) is 81.4 Å². The van der Waals surface area contributed by atoms with Crippen molar-refractivity contribution in [1.29, 1.82) is 0 Å². The molecule has 0 aliphatic carbocycles. The monoisotopic (exact) mass is 352 g/mol. The van der Waals surface area contributed by atoms with Crippen molar-refractivity contribution in [2.45, 2.75) is 26.9 Å². The second-order valence-corrected chi connectivity index (χ2v) is 5.92. The Morgan fingerprint density at radius 2 is 2.00 bits per heavy atom. The summed E-state index contributed by atoms with van der Waals surface area (Å²) in [6.45, 7) is 5.66. The molecule has 0 saturated heterocycles. The van der Waals surface area contributed by atoms with Gasteiger partial charge >= 0.3 is 5.97 Å². The number of carbonyl (C=O) groups excluding carboxylic acids is 2. The van der Waals surface area contributed by atoms with Crippen LogP contribution in [0.3, 0.4) is 0 Å². The maximum absolute atomic E-state index is 12.7. The largest absolute Gasteiger partial charge is 0.460 e. The first-order chi connectivity index (χ1) is 12.5. The van der Waals surface area contributed by atoms with Crippen molar-refractivity contribution in [3.8, 4) is 11.5 Å². The summed E-state index contributed by atoms with van der Waals surface area (Å²) in [4.78, 5) is 29.1. The number of carbonyl (C=O) groups is 2. The van der Waals surface area contributed by atoms with E-state index in [4.69, 9.17) is 9.15 Å². The zero-order valence-corrected chi connectivity index (χ0v) is 14.9.